The van der Waals surface area contributed by atoms with Gasteiger partial charge in [0.1, 0.15) is 16.4 Å². The van der Waals surface area contributed by atoms with Crippen molar-refractivity contribution in [2.24, 2.45) is 0 Å². The maximum atomic E-state index is 11.1. The fourth-order valence-electron chi connectivity index (χ4n) is 1.60. The molecule has 17 heavy (non-hydrogen) atoms. The third-order valence-corrected chi connectivity index (χ3v) is 3.27. The van der Waals surface area contributed by atoms with Gasteiger partial charge in [0.05, 0.1) is 5.69 Å². The molecule has 0 aliphatic heterocycles. The van der Waals surface area contributed by atoms with E-state index in [2.05, 4.69) is 0 Å². The molecule has 90 valence electrons. The Kier molecular flexibility index (Phi) is 2.37. The molecule has 6 nitrogen and oxygen atoms in total. The van der Waals surface area contributed by atoms with Gasteiger partial charge in [0.2, 0.25) is 0 Å². The average Bonchev–Trinajstić information content (AvgIpc) is 2.21. The second-order valence-corrected chi connectivity index (χ2v) is 4.90. The maximum absolute atomic E-state index is 11.1. The molecular weight excluding hydrogens is 246 g/mol. The quantitative estimate of drug-likeness (QED) is 0.344. The van der Waals surface area contributed by atoms with Crippen LogP contribution in [0.3, 0.4) is 0 Å². The average molecular weight is 255 g/mol. The van der Waals surface area contributed by atoms with E-state index in [1.54, 1.807) is 0 Å². The molecule has 0 radical (unpaired) electrons. The molecule has 0 saturated carbocycles. The van der Waals surface area contributed by atoms with Crippen LogP contribution < -0.4 is 5.73 Å². The Morgan fingerprint density at radius 3 is 2.29 bits per heavy atom. The van der Waals surface area contributed by atoms with Crippen molar-refractivity contribution >= 4 is 26.6 Å². The predicted molar refractivity (Wildman–Crippen MR) is 61.5 cm³/mol. The summed E-state index contributed by atoms with van der Waals surface area (Å²) in [6.45, 7) is 0. The highest BCUT2D eigenvalue weighted by Crippen LogP contribution is 2.36. The van der Waals surface area contributed by atoms with Gasteiger partial charge >= 0.3 is 0 Å². The number of aromatic hydroxyl groups is 2. The summed E-state index contributed by atoms with van der Waals surface area (Å²) in [5, 5.41) is 19.0. The van der Waals surface area contributed by atoms with Gasteiger partial charge in [-0.25, -0.2) is 0 Å². The van der Waals surface area contributed by atoms with E-state index in [4.69, 9.17) is 10.3 Å². The number of anilines is 1. The van der Waals surface area contributed by atoms with Gasteiger partial charge in [-0.3, -0.25) is 4.55 Å². The van der Waals surface area contributed by atoms with Crippen LogP contribution in [-0.4, -0.2) is 23.2 Å². The minimum absolute atomic E-state index is 0.0209. The largest absolute Gasteiger partial charge is 0.508 e. The van der Waals surface area contributed by atoms with Crippen LogP contribution in [0.15, 0.2) is 29.2 Å². The first kappa shape index (κ1) is 11.5. The van der Waals surface area contributed by atoms with Gasteiger partial charge in [0.15, 0.2) is 0 Å². The molecule has 0 aliphatic rings. The molecule has 0 atom stereocenters. The zero-order valence-electron chi connectivity index (χ0n) is 8.45. The van der Waals surface area contributed by atoms with Crippen molar-refractivity contribution in [1.82, 2.24) is 0 Å². The SMILES string of the molecule is Nc1c(O)cc(S(=O)(=O)O)c2cc(O)ccc12. The molecule has 0 spiro atoms. The summed E-state index contributed by atoms with van der Waals surface area (Å²) in [6, 6.07) is 4.64. The first-order valence-corrected chi connectivity index (χ1v) is 5.96. The summed E-state index contributed by atoms with van der Waals surface area (Å²) in [5.74, 6) is -0.622. The minimum atomic E-state index is -4.51. The number of nitrogen functional groups attached to an aromatic ring is 1. The lowest BCUT2D eigenvalue weighted by Crippen LogP contribution is -2.01. The Hall–Kier alpha value is -1.99. The van der Waals surface area contributed by atoms with E-state index in [0.29, 0.717) is 0 Å². The fourth-order valence-corrected chi connectivity index (χ4v) is 2.31. The third kappa shape index (κ3) is 1.85. The van der Waals surface area contributed by atoms with Gasteiger partial charge in [-0.15, -0.1) is 0 Å². The van der Waals surface area contributed by atoms with Gasteiger partial charge < -0.3 is 15.9 Å². The number of hydrogen-bond donors (Lipinski definition) is 4. The van der Waals surface area contributed by atoms with Crippen LogP contribution in [0.25, 0.3) is 10.8 Å². The highest BCUT2D eigenvalue weighted by atomic mass is 32.2. The number of benzene rings is 2. The van der Waals surface area contributed by atoms with Crippen molar-refractivity contribution in [3.63, 3.8) is 0 Å². The minimum Gasteiger partial charge on any atom is -0.508 e. The lowest BCUT2D eigenvalue weighted by atomic mass is 10.1. The van der Waals surface area contributed by atoms with Gasteiger partial charge in [-0.05, 0) is 18.2 Å². The molecular formula is C10H9NO5S. The Labute approximate surface area is 96.7 Å². The van der Waals surface area contributed by atoms with E-state index in [9.17, 15) is 18.6 Å². The molecule has 7 heteroatoms. The summed E-state index contributed by atoms with van der Waals surface area (Å²) >= 11 is 0. The molecule has 0 fully saturated rings. The van der Waals surface area contributed by atoms with Crippen LogP contribution in [0.4, 0.5) is 5.69 Å². The number of fused-ring (bicyclic) bond motifs is 1. The molecule has 0 saturated heterocycles. The first-order valence-electron chi connectivity index (χ1n) is 4.52. The van der Waals surface area contributed by atoms with Gasteiger partial charge in [-0.1, -0.05) is 0 Å². The summed E-state index contributed by atoms with van der Waals surface area (Å²) in [4.78, 5) is -0.505. The van der Waals surface area contributed by atoms with Crippen LogP contribution in [0, 0.1) is 0 Å². The lowest BCUT2D eigenvalue weighted by molar-refractivity contribution is 0.469. The van der Waals surface area contributed by atoms with E-state index in [1.165, 1.54) is 12.1 Å². The van der Waals surface area contributed by atoms with Crippen LogP contribution in [0.2, 0.25) is 0 Å². The highest BCUT2D eigenvalue weighted by Gasteiger charge is 2.18. The number of phenolic OH excluding ortho intramolecular Hbond substituents is 2. The van der Waals surface area contributed by atoms with Crippen molar-refractivity contribution in [2.75, 3.05) is 5.73 Å². The zero-order chi connectivity index (χ0) is 12.8. The van der Waals surface area contributed by atoms with Crippen LogP contribution >= 0.6 is 0 Å². The molecule has 0 heterocycles. The highest BCUT2D eigenvalue weighted by molar-refractivity contribution is 7.86. The number of rotatable bonds is 1. The van der Waals surface area contributed by atoms with Gasteiger partial charge in [0.25, 0.3) is 10.1 Å². The van der Waals surface area contributed by atoms with Crippen LogP contribution in [0.1, 0.15) is 0 Å². The van der Waals surface area contributed by atoms with E-state index in [0.717, 1.165) is 12.1 Å². The van der Waals surface area contributed by atoms with E-state index >= 15 is 0 Å². The molecule has 0 aliphatic carbocycles. The van der Waals surface area contributed by atoms with Gasteiger partial charge in [0, 0.05) is 16.8 Å². The number of hydrogen-bond acceptors (Lipinski definition) is 5. The second-order valence-electron chi connectivity index (χ2n) is 3.51. The molecule has 0 amide bonds. The lowest BCUT2D eigenvalue weighted by Gasteiger charge is -2.09. The Morgan fingerprint density at radius 1 is 1.06 bits per heavy atom. The molecule has 5 N–H and O–H groups in total. The maximum Gasteiger partial charge on any atom is 0.295 e. The molecule has 2 aromatic rings. The monoisotopic (exact) mass is 255 g/mol. The Morgan fingerprint density at radius 2 is 1.71 bits per heavy atom. The molecule has 2 rings (SSSR count). The van der Waals surface area contributed by atoms with Gasteiger partial charge in [-0.2, -0.15) is 8.42 Å². The van der Waals surface area contributed by atoms with Crippen molar-refractivity contribution in [2.45, 2.75) is 4.90 Å². The fraction of sp³-hybridized carbons (Fsp3) is 0. The molecule has 0 unspecified atom stereocenters. The first-order chi connectivity index (χ1) is 7.80. The number of phenols is 2. The summed E-state index contributed by atoms with van der Waals surface area (Å²) in [5.41, 5.74) is 5.55. The number of nitrogens with two attached hydrogens (primary N) is 1. The van der Waals surface area contributed by atoms with E-state index in [-0.39, 0.29) is 22.2 Å². The van der Waals surface area contributed by atoms with Crippen molar-refractivity contribution in [3.05, 3.63) is 24.3 Å². The van der Waals surface area contributed by atoms with Crippen LogP contribution in [-0.2, 0) is 10.1 Å². The van der Waals surface area contributed by atoms with Crippen molar-refractivity contribution < 1.29 is 23.2 Å². The Bertz CT molecular complexity index is 708. The molecule has 2 aromatic carbocycles. The predicted octanol–water partition coefficient (Wildman–Crippen LogP) is 1.08. The zero-order valence-corrected chi connectivity index (χ0v) is 9.27. The molecule has 0 aromatic heterocycles. The topological polar surface area (TPSA) is 121 Å². The summed E-state index contributed by atoms with van der Waals surface area (Å²) < 4.78 is 31.3. The summed E-state index contributed by atoms with van der Waals surface area (Å²) in [6.07, 6.45) is 0. The van der Waals surface area contributed by atoms with Crippen molar-refractivity contribution in [1.29, 1.82) is 0 Å². The van der Waals surface area contributed by atoms with E-state index in [1.807, 2.05) is 0 Å². The van der Waals surface area contributed by atoms with Crippen molar-refractivity contribution in [3.8, 4) is 11.5 Å². The van der Waals surface area contributed by atoms with Crippen LogP contribution in [0.5, 0.6) is 11.5 Å². The smallest absolute Gasteiger partial charge is 0.295 e. The van der Waals surface area contributed by atoms with E-state index < -0.39 is 20.8 Å². The second kappa shape index (κ2) is 3.51. The standard InChI is InChI=1S/C10H9NO5S/c11-10-6-2-1-5(12)3-7(6)9(4-8(10)13)17(14,15)16/h1-4,12-13H,11H2,(H,14,15,16). The Balaban J connectivity index is 3.04. The molecule has 0 bridgehead atoms. The normalized spacial score (nSPS) is 11.8. The third-order valence-electron chi connectivity index (χ3n) is 2.38. The summed E-state index contributed by atoms with van der Waals surface area (Å²) in [7, 11) is -4.51.